The van der Waals surface area contributed by atoms with Gasteiger partial charge < -0.3 is 31.2 Å². The number of urea groups is 1. The van der Waals surface area contributed by atoms with Crippen LogP contribution in [0.2, 0.25) is 0 Å². The maximum atomic E-state index is 11.7. The van der Waals surface area contributed by atoms with Crippen molar-refractivity contribution >= 4 is 17.7 Å². The van der Waals surface area contributed by atoms with Gasteiger partial charge in [-0.2, -0.15) is 0 Å². The van der Waals surface area contributed by atoms with Crippen molar-refractivity contribution in [2.75, 3.05) is 19.5 Å². The number of hydrogen-bond acceptors (Lipinski definition) is 4. The fourth-order valence-corrected chi connectivity index (χ4v) is 2.54. The van der Waals surface area contributed by atoms with Crippen LogP contribution in [0.3, 0.4) is 0 Å². The fraction of sp³-hybridized carbons (Fsp3) is 0.333. The van der Waals surface area contributed by atoms with E-state index in [2.05, 4.69) is 20.9 Å². The van der Waals surface area contributed by atoms with Crippen LogP contribution < -0.4 is 31.2 Å². The molecule has 0 atom stereocenters. The van der Waals surface area contributed by atoms with Crippen LogP contribution >= 0.6 is 0 Å². The molecule has 0 radical (unpaired) electrons. The molecule has 0 saturated carbocycles. The Morgan fingerprint density at radius 1 is 1.03 bits per heavy atom. The number of carbonyl (C=O) groups is 1. The lowest BCUT2D eigenvalue weighted by molar-refractivity contribution is 0.250. The number of amides is 2. The molecule has 5 N–H and O–H groups in total. The third-order valence-electron chi connectivity index (χ3n) is 3.99. The number of anilines is 1. The largest absolute Gasteiger partial charge is 0.493 e. The van der Waals surface area contributed by atoms with Crippen molar-refractivity contribution < 1.29 is 14.3 Å². The molecule has 2 aromatic carbocycles. The van der Waals surface area contributed by atoms with Gasteiger partial charge in [-0.15, -0.1) is 0 Å². The van der Waals surface area contributed by atoms with Crippen LogP contribution in [0.15, 0.2) is 47.5 Å². The number of nitrogens with one attached hydrogen (secondary N) is 3. The number of aliphatic imine (C=N–C) groups is 1. The van der Waals surface area contributed by atoms with Crippen molar-refractivity contribution in [2.24, 2.45) is 10.7 Å². The van der Waals surface area contributed by atoms with Crippen molar-refractivity contribution in [3.05, 3.63) is 53.6 Å². The molecule has 0 aliphatic rings. The summed E-state index contributed by atoms with van der Waals surface area (Å²) in [7, 11) is 3.19. The number of rotatable bonds is 8. The molecule has 0 bridgehead atoms. The molecule has 0 aliphatic heterocycles. The molecule has 0 heterocycles. The minimum absolute atomic E-state index is 0.0831. The molecule has 156 valence electrons. The first kappa shape index (κ1) is 21.9. The fourth-order valence-electron chi connectivity index (χ4n) is 2.54. The average molecular weight is 399 g/mol. The molecular weight excluding hydrogens is 370 g/mol. The van der Waals surface area contributed by atoms with Gasteiger partial charge in [-0.1, -0.05) is 18.2 Å². The minimum atomic E-state index is -0.225. The first-order chi connectivity index (χ1) is 13.9. The zero-order chi connectivity index (χ0) is 21.2. The number of nitrogens with two attached hydrogens (primary N) is 1. The van der Waals surface area contributed by atoms with Crippen LogP contribution in [0.1, 0.15) is 25.0 Å². The third-order valence-corrected chi connectivity index (χ3v) is 3.99. The summed E-state index contributed by atoms with van der Waals surface area (Å²) in [6.07, 6.45) is 0. The van der Waals surface area contributed by atoms with E-state index in [1.807, 2.05) is 56.3 Å². The van der Waals surface area contributed by atoms with Crippen molar-refractivity contribution in [3.8, 4) is 11.5 Å². The summed E-state index contributed by atoms with van der Waals surface area (Å²) in [5.41, 5.74) is 8.66. The molecule has 2 amide bonds. The lowest BCUT2D eigenvalue weighted by Gasteiger charge is -2.11. The van der Waals surface area contributed by atoms with Gasteiger partial charge in [0.2, 0.25) is 0 Å². The highest BCUT2D eigenvalue weighted by molar-refractivity contribution is 5.89. The molecule has 2 rings (SSSR count). The van der Waals surface area contributed by atoms with Crippen LogP contribution in [-0.2, 0) is 13.1 Å². The summed E-state index contributed by atoms with van der Waals surface area (Å²) in [4.78, 5) is 16.1. The van der Waals surface area contributed by atoms with Gasteiger partial charge in [0.1, 0.15) is 0 Å². The van der Waals surface area contributed by atoms with E-state index in [0.717, 1.165) is 16.8 Å². The van der Waals surface area contributed by atoms with Gasteiger partial charge >= 0.3 is 6.03 Å². The van der Waals surface area contributed by atoms with Crippen molar-refractivity contribution in [2.45, 2.75) is 33.0 Å². The molecule has 2 aromatic rings. The number of ether oxygens (including phenoxy) is 2. The summed E-state index contributed by atoms with van der Waals surface area (Å²) in [5, 5.41) is 8.64. The van der Waals surface area contributed by atoms with Crippen LogP contribution in [0.4, 0.5) is 10.5 Å². The lowest BCUT2D eigenvalue weighted by Crippen LogP contribution is -2.34. The SMILES string of the molecule is COc1ccc(CN=C(N)NCc2ccc(NC(=O)NC(C)C)cc2)cc1OC. The topological polar surface area (TPSA) is 110 Å². The Morgan fingerprint density at radius 2 is 1.69 bits per heavy atom. The van der Waals surface area contributed by atoms with Crippen LogP contribution in [0.25, 0.3) is 0 Å². The number of benzene rings is 2. The maximum absolute atomic E-state index is 11.7. The van der Waals surface area contributed by atoms with E-state index in [1.165, 1.54) is 0 Å². The lowest BCUT2D eigenvalue weighted by atomic mass is 10.2. The Morgan fingerprint density at radius 3 is 2.31 bits per heavy atom. The van der Waals surface area contributed by atoms with Gasteiger partial charge in [0.15, 0.2) is 17.5 Å². The van der Waals surface area contributed by atoms with Crippen molar-refractivity contribution in [1.82, 2.24) is 10.6 Å². The Hall–Kier alpha value is -3.42. The second-order valence-corrected chi connectivity index (χ2v) is 6.69. The highest BCUT2D eigenvalue weighted by Gasteiger charge is 2.05. The van der Waals surface area contributed by atoms with E-state index < -0.39 is 0 Å². The molecule has 0 saturated heterocycles. The summed E-state index contributed by atoms with van der Waals surface area (Å²) in [5.74, 6) is 1.67. The summed E-state index contributed by atoms with van der Waals surface area (Å²) >= 11 is 0. The molecule has 0 spiro atoms. The second-order valence-electron chi connectivity index (χ2n) is 6.69. The molecule has 29 heavy (non-hydrogen) atoms. The smallest absolute Gasteiger partial charge is 0.319 e. The predicted octanol–water partition coefficient (Wildman–Crippen LogP) is 2.84. The Labute approximate surface area is 171 Å². The van der Waals surface area contributed by atoms with E-state index in [1.54, 1.807) is 14.2 Å². The summed E-state index contributed by atoms with van der Waals surface area (Å²) in [6, 6.07) is 13.0. The van der Waals surface area contributed by atoms with E-state index in [-0.39, 0.29) is 12.1 Å². The molecule has 0 aromatic heterocycles. The highest BCUT2D eigenvalue weighted by atomic mass is 16.5. The quantitative estimate of drug-likeness (QED) is 0.403. The number of guanidine groups is 1. The van der Waals surface area contributed by atoms with Crippen LogP contribution in [0.5, 0.6) is 11.5 Å². The third kappa shape index (κ3) is 7.25. The molecule has 0 aliphatic carbocycles. The number of hydrogen-bond donors (Lipinski definition) is 4. The highest BCUT2D eigenvalue weighted by Crippen LogP contribution is 2.27. The molecule has 8 heteroatoms. The Bertz CT molecular complexity index is 835. The first-order valence-corrected chi connectivity index (χ1v) is 9.32. The van der Waals surface area contributed by atoms with E-state index in [4.69, 9.17) is 15.2 Å². The van der Waals surface area contributed by atoms with Gasteiger partial charge in [-0.05, 0) is 49.2 Å². The molecule has 0 fully saturated rings. The van der Waals surface area contributed by atoms with Gasteiger partial charge in [-0.3, -0.25) is 0 Å². The molecule has 8 nitrogen and oxygen atoms in total. The molecule has 0 unspecified atom stereocenters. The van der Waals surface area contributed by atoms with Gasteiger partial charge in [-0.25, -0.2) is 9.79 Å². The summed E-state index contributed by atoms with van der Waals surface area (Å²) < 4.78 is 10.5. The van der Waals surface area contributed by atoms with Gasteiger partial charge in [0.05, 0.1) is 20.8 Å². The first-order valence-electron chi connectivity index (χ1n) is 9.32. The van der Waals surface area contributed by atoms with Gasteiger partial charge in [0, 0.05) is 18.3 Å². The second kappa shape index (κ2) is 10.8. The number of methoxy groups -OCH3 is 2. The van der Waals surface area contributed by atoms with Crippen LogP contribution in [-0.4, -0.2) is 32.3 Å². The molecular formula is C21H29N5O3. The Balaban J connectivity index is 1.85. The predicted molar refractivity (Wildman–Crippen MR) is 115 cm³/mol. The number of carbonyl (C=O) groups excluding carboxylic acids is 1. The van der Waals surface area contributed by atoms with E-state index in [0.29, 0.717) is 30.5 Å². The Kier molecular flexibility index (Phi) is 8.14. The zero-order valence-corrected chi connectivity index (χ0v) is 17.3. The van der Waals surface area contributed by atoms with Crippen LogP contribution in [0, 0.1) is 0 Å². The van der Waals surface area contributed by atoms with Crippen molar-refractivity contribution in [3.63, 3.8) is 0 Å². The van der Waals surface area contributed by atoms with Gasteiger partial charge in [0.25, 0.3) is 0 Å². The van der Waals surface area contributed by atoms with Crippen molar-refractivity contribution in [1.29, 1.82) is 0 Å². The standard InChI is InChI=1S/C21H29N5O3/c1-14(2)25-21(27)26-17-8-5-15(6-9-17)12-23-20(22)24-13-16-7-10-18(28-3)19(11-16)29-4/h5-11,14H,12-13H2,1-4H3,(H3,22,23,24)(H2,25,26,27). The minimum Gasteiger partial charge on any atom is -0.493 e. The zero-order valence-electron chi connectivity index (χ0n) is 17.3. The maximum Gasteiger partial charge on any atom is 0.319 e. The average Bonchev–Trinajstić information content (AvgIpc) is 2.70. The summed E-state index contributed by atoms with van der Waals surface area (Å²) in [6.45, 7) is 4.77. The van der Waals surface area contributed by atoms with E-state index >= 15 is 0 Å². The van der Waals surface area contributed by atoms with E-state index in [9.17, 15) is 4.79 Å². The number of nitrogens with zero attached hydrogens (tertiary/aromatic N) is 1. The normalized spacial score (nSPS) is 11.1. The monoisotopic (exact) mass is 399 g/mol.